The van der Waals surface area contributed by atoms with Gasteiger partial charge in [0, 0.05) is 14.1 Å². The van der Waals surface area contributed by atoms with E-state index < -0.39 is 34.0 Å². The third-order valence-electron chi connectivity index (χ3n) is 4.50. The third-order valence-corrected chi connectivity index (χ3v) is 6.33. The lowest BCUT2D eigenvalue weighted by atomic mass is 9.83. The zero-order valence-corrected chi connectivity index (χ0v) is 16.2. The average Bonchev–Trinajstić information content (AvgIpc) is 2.66. The van der Waals surface area contributed by atoms with E-state index in [1.54, 1.807) is 0 Å². The summed E-state index contributed by atoms with van der Waals surface area (Å²) in [6.07, 6.45) is 3.95. The number of carbonyl (C=O) groups excluding carboxylic acids is 2. The molecule has 1 aromatic carbocycles. The van der Waals surface area contributed by atoms with Gasteiger partial charge in [-0.15, -0.1) is 0 Å². The van der Waals surface area contributed by atoms with Crippen LogP contribution in [0.4, 0.5) is 0 Å². The van der Waals surface area contributed by atoms with E-state index in [4.69, 9.17) is 4.74 Å². The molecule has 0 heterocycles. The number of hydrogen-bond acceptors (Lipinski definition) is 6. The van der Waals surface area contributed by atoms with Gasteiger partial charge in [0.25, 0.3) is 5.91 Å². The molecule has 0 radical (unpaired) electrons. The van der Waals surface area contributed by atoms with Gasteiger partial charge >= 0.3 is 5.97 Å². The molecular formula is C18H23N3O5S. The quantitative estimate of drug-likeness (QED) is 0.731. The molecule has 1 aliphatic rings. The van der Waals surface area contributed by atoms with Crippen molar-refractivity contribution in [3.8, 4) is 6.07 Å². The summed E-state index contributed by atoms with van der Waals surface area (Å²) in [6, 6.07) is 7.43. The minimum atomic E-state index is -3.58. The lowest BCUT2D eigenvalue weighted by Crippen LogP contribution is -2.50. The lowest BCUT2D eigenvalue weighted by Gasteiger charge is -2.31. The second-order valence-electron chi connectivity index (χ2n) is 6.69. The van der Waals surface area contributed by atoms with Crippen molar-refractivity contribution in [2.45, 2.75) is 42.5 Å². The van der Waals surface area contributed by atoms with E-state index in [0.29, 0.717) is 12.8 Å². The van der Waals surface area contributed by atoms with Crippen LogP contribution in [0.15, 0.2) is 29.2 Å². The van der Waals surface area contributed by atoms with E-state index >= 15 is 0 Å². The van der Waals surface area contributed by atoms with Crippen LogP contribution in [-0.4, -0.2) is 50.8 Å². The standard InChI is InChI=1S/C18H23N3O5S/c1-21(2)27(24,25)15-8-6-14(7-9-15)17(23)26-12-16(22)20-18(13-19)10-4-3-5-11-18/h6-9H,3-5,10-12H2,1-2H3,(H,20,22). The summed E-state index contributed by atoms with van der Waals surface area (Å²) < 4.78 is 30.1. The van der Waals surface area contributed by atoms with E-state index in [2.05, 4.69) is 11.4 Å². The molecule has 1 N–H and O–H groups in total. The molecule has 0 aromatic heterocycles. The van der Waals surface area contributed by atoms with Gasteiger partial charge in [0.2, 0.25) is 10.0 Å². The molecular weight excluding hydrogens is 370 g/mol. The Hall–Kier alpha value is -2.44. The summed E-state index contributed by atoms with van der Waals surface area (Å²) in [7, 11) is -0.759. The molecule has 1 saturated carbocycles. The van der Waals surface area contributed by atoms with Crippen molar-refractivity contribution in [2.75, 3.05) is 20.7 Å². The van der Waals surface area contributed by atoms with Gasteiger partial charge in [-0.05, 0) is 37.1 Å². The molecule has 1 amide bonds. The summed E-state index contributed by atoms with van der Waals surface area (Å²) >= 11 is 0. The highest BCUT2D eigenvalue weighted by Gasteiger charge is 2.33. The first-order valence-corrected chi connectivity index (χ1v) is 10.1. The zero-order chi connectivity index (χ0) is 20.1. The van der Waals surface area contributed by atoms with Crippen molar-refractivity contribution in [3.05, 3.63) is 29.8 Å². The molecule has 2 rings (SSSR count). The Bertz CT molecular complexity index is 835. The topological polar surface area (TPSA) is 117 Å². The monoisotopic (exact) mass is 393 g/mol. The molecule has 0 bridgehead atoms. The highest BCUT2D eigenvalue weighted by Crippen LogP contribution is 2.27. The normalized spacial score (nSPS) is 16.4. The number of nitrogens with one attached hydrogen (secondary N) is 1. The Kier molecular flexibility index (Phi) is 6.57. The first kappa shape index (κ1) is 20.9. The Morgan fingerprint density at radius 1 is 1.19 bits per heavy atom. The molecule has 8 nitrogen and oxygen atoms in total. The van der Waals surface area contributed by atoms with Crippen molar-refractivity contribution < 1.29 is 22.7 Å². The van der Waals surface area contributed by atoms with Gasteiger partial charge < -0.3 is 10.1 Å². The average molecular weight is 393 g/mol. The summed E-state index contributed by atoms with van der Waals surface area (Å²) in [5.74, 6) is -1.27. The molecule has 1 fully saturated rings. The van der Waals surface area contributed by atoms with Gasteiger partial charge in [-0.3, -0.25) is 4.79 Å². The Morgan fingerprint density at radius 3 is 2.30 bits per heavy atom. The predicted molar refractivity (Wildman–Crippen MR) is 97.2 cm³/mol. The van der Waals surface area contributed by atoms with Crippen LogP contribution in [0.25, 0.3) is 0 Å². The van der Waals surface area contributed by atoms with Gasteiger partial charge in [-0.2, -0.15) is 5.26 Å². The van der Waals surface area contributed by atoms with E-state index in [-0.39, 0.29) is 10.5 Å². The van der Waals surface area contributed by atoms with E-state index in [1.807, 2.05) is 0 Å². The number of amides is 1. The van der Waals surface area contributed by atoms with Crippen LogP contribution < -0.4 is 5.32 Å². The maximum Gasteiger partial charge on any atom is 0.338 e. The number of hydrogen-bond donors (Lipinski definition) is 1. The highest BCUT2D eigenvalue weighted by atomic mass is 32.2. The van der Waals surface area contributed by atoms with E-state index in [0.717, 1.165) is 23.6 Å². The van der Waals surface area contributed by atoms with Gasteiger partial charge in [0.05, 0.1) is 16.5 Å². The summed E-state index contributed by atoms with van der Waals surface area (Å²) in [5, 5.41) is 12.0. The van der Waals surface area contributed by atoms with Gasteiger partial charge in [-0.25, -0.2) is 17.5 Å². The first-order valence-electron chi connectivity index (χ1n) is 8.62. The summed E-state index contributed by atoms with van der Waals surface area (Å²) in [4.78, 5) is 24.2. The summed E-state index contributed by atoms with van der Waals surface area (Å²) in [6.45, 7) is -0.500. The van der Waals surface area contributed by atoms with Crippen LogP contribution in [-0.2, 0) is 19.6 Å². The van der Waals surface area contributed by atoms with Crippen molar-refractivity contribution in [1.82, 2.24) is 9.62 Å². The number of nitriles is 1. The fraction of sp³-hybridized carbons (Fsp3) is 0.500. The number of rotatable bonds is 6. The molecule has 0 atom stereocenters. The van der Waals surface area contributed by atoms with Crippen LogP contribution >= 0.6 is 0 Å². The minimum absolute atomic E-state index is 0.0510. The second-order valence-corrected chi connectivity index (χ2v) is 8.84. The molecule has 0 saturated heterocycles. The zero-order valence-electron chi connectivity index (χ0n) is 15.4. The number of sulfonamides is 1. The van der Waals surface area contributed by atoms with Gasteiger partial charge in [0.15, 0.2) is 6.61 Å². The molecule has 27 heavy (non-hydrogen) atoms. The van der Waals surface area contributed by atoms with Crippen LogP contribution in [0.5, 0.6) is 0 Å². The molecule has 1 aliphatic carbocycles. The fourth-order valence-electron chi connectivity index (χ4n) is 2.91. The molecule has 1 aromatic rings. The third kappa shape index (κ3) is 5.05. The molecule has 0 unspecified atom stereocenters. The first-order chi connectivity index (χ1) is 12.7. The van der Waals surface area contributed by atoms with Crippen molar-refractivity contribution >= 4 is 21.9 Å². The second kappa shape index (κ2) is 8.50. The SMILES string of the molecule is CN(C)S(=O)(=O)c1ccc(C(=O)OCC(=O)NC2(C#N)CCCCC2)cc1. The van der Waals surface area contributed by atoms with Crippen molar-refractivity contribution in [1.29, 1.82) is 5.26 Å². The Morgan fingerprint density at radius 2 is 1.78 bits per heavy atom. The Balaban J connectivity index is 1.94. The number of benzene rings is 1. The van der Waals surface area contributed by atoms with Crippen molar-refractivity contribution in [3.63, 3.8) is 0 Å². The maximum absolute atomic E-state index is 12.1. The minimum Gasteiger partial charge on any atom is -0.452 e. The van der Waals surface area contributed by atoms with Crippen LogP contribution in [0.1, 0.15) is 42.5 Å². The summed E-state index contributed by atoms with van der Waals surface area (Å²) in [5.41, 5.74) is -0.752. The van der Waals surface area contributed by atoms with E-state index in [1.165, 1.54) is 38.4 Å². The number of ether oxygens (including phenoxy) is 1. The van der Waals surface area contributed by atoms with Crippen LogP contribution in [0.2, 0.25) is 0 Å². The van der Waals surface area contributed by atoms with Crippen LogP contribution in [0.3, 0.4) is 0 Å². The van der Waals surface area contributed by atoms with Gasteiger partial charge in [-0.1, -0.05) is 19.3 Å². The van der Waals surface area contributed by atoms with Gasteiger partial charge in [0.1, 0.15) is 5.54 Å². The van der Waals surface area contributed by atoms with Crippen LogP contribution in [0, 0.1) is 11.3 Å². The largest absolute Gasteiger partial charge is 0.452 e. The molecule has 9 heteroatoms. The number of nitrogens with zero attached hydrogens (tertiary/aromatic N) is 2. The molecule has 0 aliphatic heterocycles. The van der Waals surface area contributed by atoms with Crippen molar-refractivity contribution in [2.24, 2.45) is 0 Å². The molecule has 0 spiro atoms. The maximum atomic E-state index is 12.1. The Labute approximate surface area is 159 Å². The fourth-order valence-corrected chi connectivity index (χ4v) is 3.81. The smallest absolute Gasteiger partial charge is 0.338 e. The molecule has 146 valence electrons. The number of carbonyl (C=O) groups is 2. The predicted octanol–water partition coefficient (Wildman–Crippen LogP) is 1.44. The number of esters is 1. The highest BCUT2D eigenvalue weighted by molar-refractivity contribution is 7.89. The lowest BCUT2D eigenvalue weighted by molar-refractivity contribution is -0.125. The van der Waals surface area contributed by atoms with E-state index in [9.17, 15) is 23.3 Å².